The summed E-state index contributed by atoms with van der Waals surface area (Å²) < 4.78 is 7.06. The van der Waals surface area contributed by atoms with E-state index < -0.39 is 0 Å². The number of nitrogens with zero attached hydrogens (tertiary/aromatic N) is 2. The molecule has 0 atom stereocenters. The van der Waals surface area contributed by atoms with E-state index in [4.69, 9.17) is 16.3 Å². The van der Waals surface area contributed by atoms with Crippen LogP contribution < -0.4 is 4.74 Å². The predicted octanol–water partition coefficient (Wildman–Crippen LogP) is 4.77. The molecule has 0 fully saturated rings. The summed E-state index contributed by atoms with van der Waals surface area (Å²) in [6.45, 7) is 10.1. The molecule has 1 aromatic heterocycles. The highest BCUT2D eigenvalue weighted by Gasteiger charge is 2.17. The second-order valence-corrected chi connectivity index (χ2v) is 6.99. The smallest absolute Gasteiger partial charge is 0.284 e. The van der Waals surface area contributed by atoms with E-state index in [1.54, 1.807) is 12.1 Å². The van der Waals surface area contributed by atoms with E-state index in [9.17, 15) is 4.79 Å². The van der Waals surface area contributed by atoms with E-state index in [0.29, 0.717) is 16.7 Å². The Hall–Kier alpha value is -1.81. The summed E-state index contributed by atoms with van der Waals surface area (Å²) in [5.74, 6) is 1.09. The van der Waals surface area contributed by atoms with Gasteiger partial charge in [0.15, 0.2) is 6.61 Å². The fourth-order valence-corrected chi connectivity index (χ4v) is 2.74. The first-order valence-corrected chi connectivity index (χ1v) is 8.64. The maximum absolute atomic E-state index is 12.4. The first-order valence-electron chi connectivity index (χ1n) is 8.26. The summed E-state index contributed by atoms with van der Waals surface area (Å²) in [6, 6.07) is 5.35. The van der Waals surface area contributed by atoms with Crippen LogP contribution in [0.1, 0.15) is 47.6 Å². The average Bonchev–Trinajstić information content (AvgIpc) is 2.80. The molecule has 0 bridgehead atoms. The summed E-state index contributed by atoms with van der Waals surface area (Å²) in [5, 5.41) is 5.08. The molecule has 0 unspecified atom stereocenters. The van der Waals surface area contributed by atoms with Crippen molar-refractivity contribution in [2.24, 2.45) is 5.92 Å². The molecule has 24 heavy (non-hydrogen) atoms. The minimum Gasteiger partial charge on any atom is -0.484 e. The van der Waals surface area contributed by atoms with Gasteiger partial charge in [0.05, 0.1) is 5.69 Å². The topological polar surface area (TPSA) is 44.1 Å². The van der Waals surface area contributed by atoms with E-state index in [1.165, 1.54) is 10.2 Å². The normalized spacial score (nSPS) is 11.1. The van der Waals surface area contributed by atoms with Crippen LogP contribution in [0.3, 0.4) is 0 Å². The van der Waals surface area contributed by atoms with Crippen molar-refractivity contribution in [1.82, 2.24) is 9.78 Å². The number of carbonyl (C=O) groups excluding carboxylic acids is 1. The Bertz CT molecular complexity index is 735. The van der Waals surface area contributed by atoms with E-state index in [2.05, 4.69) is 18.9 Å². The lowest BCUT2D eigenvalue weighted by molar-refractivity contribution is 0.0818. The molecule has 0 radical (unpaired) electrons. The molecule has 0 N–H and O–H groups in total. The number of ether oxygens (including phenoxy) is 1. The molecule has 5 heteroatoms. The number of rotatable bonds is 6. The zero-order valence-electron chi connectivity index (χ0n) is 15.0. The lowest BCUT2D eigenvalue weighted by atomic mass is 10.0. The lowest BCUT2D eigenvalue weighted by Gasteiger charge is -2.08. The van der Waals surface area contributed by atoms with E-state index in [0.717, 1.165) is 29.8 Å². The van der Waals surface area contributed by atoms with Gasteiger partial charge in [0.2, 0.25) is 0 Å². The summed E-state index contributed by atoms with van der Waals surface area (Å²) in [5.41, 5.74) is 3.92. The van der Waals surface area contributed by atoms with Crippen molar-refractivity contribution in [2.75, 3.05) is 6.61 Å². The fourth-order valence-electron chi connectivity index (χ4n) is 2.63. The average molecular weight is 349 g/mol. The Morgan fingerprint density at radius 2 is 2.00 bits per heavy atom. The van der Waals surface area contributed by atoms with Gasteiger partial charge in [0, 0.05) is 10.7 Å². The van der Waals surface area contributed by atoms with Crippen LogP contribution in [0.2, 0.25) is 5.02 Å². The molecule has 1 aromatic carbocycles. The van der Waals surface area contributed by atoms with Gasteiger partial charge in [-0.1, -0.05) is 25.4 Å². The largest absolute Gasteiger partial charge is 0.484 e. The Morgan fingerprint density at radius 1 is 1.29 bits per heavy atom. The second kappa shape index (κ2) is 7.84. The van der Waals surface area contributed by atoms with Gasteiger partial charge in [0.1, 0.15) is 5.75 Å². The van der Waals surface area contributed by atoms with Crippen LogP contribution in [-0.2, 0) is 6.42 Å². The zero-order valence-corrected chi connectivity index (χ0v) is 15.8. The number of aryl methyl sites for hydroxylation is 2. The highest BCUT2D eigenvalue weighted by Crippen LogP contribution is 2.21. The molecule has 0 aliphatic carbocycles. The first-order chi connectivity index (χ1) is 11.3. The Balaban J connectivity index is 2.06. The summed E-state index contributed by atoms with van der Waals surface area (Å²) in [6.07, 6.45) is 2.03. The van der Waals surface area contributed by atoms with Crippen molar-refractivity contribution < 1.29 is 9.53 Å². The fraction of sp³-hybridized carbons (Fsp3) is 0.474. The van der Waals surface area contributed by atoms with Crippen LogP contribution in [0.25, 0.3) is 0 Å². The molecule has 4 nitrogen and oxygen atoms in total. The van der Waals surface area contributed by atoms with E-state index >= 15 is 0 Å². The number of aromatic nitrogens is 2. The lowest BCUT2D eigenvalue weighted by Crippen LogP contribution is -2.21. The van der Waals surface area contributed by atoms with Crippen molar-refractivity contribution in [3.05, 3.63) is 45.7 Å². The Morgan fingerprint density at radius 3 is 2.62 bits per heavy atom. The van der Waals surface area contributed by atoms with E-state index in [1.807, 2.05) is 26.8 Å². The molecular formula is C19H25ClN2O2. The van der Waals surface area contributed by atoms with Crippen molar-refractivity contribution in [3.63, 3.8) is 0 Å². The molecule has 0 aliphatic heterocycles. The van der Waals surface area contributed by atoms with Gasteiger partial charge in [0.25, 0.3) is 5.91 Å². The number of halogens is 1. The second-order valence-electron chi connectivity index (χ2n) is 6.59. The quantitative estimate of drug-likeness (QED) is 0.755. The van der Waals surface area contributed by atoms with Crippen LogP contribution >= 0.6 is 11.6 Å². The van der Waals surface area contributed by atoms with Gasteiger partial charge >= 0.3 is 0 Å². The molecule has 2 rings (SSSR count). The van der Waals surface area contributed by atoms with Crippen molar-refractivity contribution in [3.8, 4) is 5.75 Å². The number of carbonyl (C=O) groups is 1. The highest BCUT2D eigenvalue weighted by atomic mass is 35.5. The van der Waals surface area contributed by atoms with Crippen LogP contribution in [0.15, 0.2) is 18.2 Å². The minimum atomic E-state index is -0.168. The molecule has 0 amide bonds. The van der Waals surface area contributed by atoms with Crippen molar-refractivity contribution in [1.29, 1.82) is 0 Å². The summed E-state index contributed by atoms with van der Waals surface area (Å²) in [4.78, 5) is 12.4. The Kier molecular flexibility index (Phi) is 6.05. The molecule has 0 saturated heterocycles. The third-order valence-electron chi connectivity index (χ3n) is 4.14. The molecular weight excluding hydrogens is 324 g/mol. The number of hydrogen-bond donors (Lipinski definition) is 0. The number of hydrogen-bond acceptors (Lipinski definition) is 3. The van der Waals surface area contributed by atoms with Gasteiger partial charge in [-0.2, -0.15) is 5.10 Å². The van der Waals surface area contributed by atoms with Gasteiger partial charge in [-0.3, -0.25) is 4.79 Å². The minimum absolute atomic E-state index is 0.0490. The monoisotopic (exact) mass is 348 g/mol. The third kappa shape index (κ3) is 4.38. The van der Waals surface area contributed by atoms with Crippen molar-refractivity contribution in [2.45, 2.75) is 47.5 Å². The zero-order chi connectivity index (χ0) is 17.9. The van der Waals surface area contributed by atoms with Crippen LogP contribution in [-0.4, -0.2) is 22.3 Å². The maximum atomic E-state index is 12.4. The molecule has 130 valence electrons. The predicted molar refractivity (Wildman–Crippen MR) is 97.2 cm³/mol. The van der Waals surface area contributed by atoms with Crippen molar-refractivity contribution >= 4 is 17.5 Å². The molecule has 0 spiro atoms. The van der Waals surface area contributed by atoms with Crippen LogP contribution in [0, 0.1) is 26.7 Å². The maximum Gasteiger partial charge on any atom is 0.284 e. The standard InChI is InChI=1S/C19H25ClN2O2/c1-12(2)6-8-17-14(4)21-22(15(17)5)19(23)11-24-16-7-9-18(20)13(3)10-16/h7,9-10,12H,6,8,11H2,1-5H3. The van der Waals surface area contributed by atoms with Gasteiger partial charge in [-0.25, -0.2) is 4.68 Å². The molecule has 1 heterocycles. The molecule has 2 aromatic rings. The van der Waals surface area contributed by atoms with Crippen LogP contribution in [0.5, 0.6) is 5.75 Å². The van der Waals surface area contributed by atoms with Gasteiger partial charge < -0.3 is 4.74 Å². The van der Waals surface area contributed by atoms with Gasteiger partial charge in [-0.15, -0.1) is 0 Å². The number of benzene rings is 1. The highest BCUT2D eigenvalue weighted by molar-refractivity contribution is 6.31. The summed E-state index contributed by atoms with van der Waals surface area (Å²) in [7, 11) is 0. The molecule has 0 saturated carbocycles. The summed E-state index contributed by atoms with van der Waals surface area (Å²) >= 11 is 6.00. The van der Waals surface area contributed by atoms with Crippen LogP contribution in [0.4, 0.5) is 0 Å². The van der Waals surface area contributed by atoms with Gasteiger partial charge in [-0.05, 0) is 68.9 Å². The first kappa shape index (κ1) is 18.5. The molecule has 0 aliphatic rings. The third-order valence-corrected chi connectivity index (χ3v) is 4.56. The van der Waals surface area contributed by atoms with E-state index in [-0.39, 0.29) is 12.5 Å². The Labute approximate surface area is 148 Å². The SMILES string of the molecule is Cc1cc(OCC(=O)n2nc(C)c(CCC(C)C)c2C)ccc1Cl.